The monoisotopic (exact) mass is 416 g/mol. The highest BCUT2D eigenvalue weighted by Crippen LogP contribution is 2.53. The highest BCUT2D eigenvalue weighted by atomic mass is 16.5. The third kappa shape index (κ3) is 3.48. The summed E-state index contributed by atoms with van der Waals surface area (Å²) in [5.74, 6) is 3.72. The van der Waals surface area contributed by atoms with Crippen LogP contribution in [-0.2, 0) is 4.79 Å². The van der Waals surface area contributed by atoms with Crippen LogP contribution >= 0.6 is 0 Å². The van der Waals surface area contributed by atoms with Crippen molar-refractivity contribution < 1.29 is 9.53 Å². The summed E-state index contributed by atoms with van der Waals surface area (Å²) >= 11 is 0. The first kappa shape index (κ1) is 18.8. The zero-order valence-corrected chi connectivity index (χ0v) is 17.8. The summed E-state index contributed by atoms with van der Waals surface area (Å²) in [6, 6.07) is 14.0. The number of nitrogens with zero attached hydrogens (tertiary/aromatic N) is 3. The maximum absolute atomic E-state index is 12.8. The molecule has 1 amide bonds. The fourth-order valence-corrected chi connectivity index (χ4v) is 6.40. The second-order valence-corrected chi connectivity index (χ2v) is 9.76. The van der Waals surface area contributed by atoms with E-state index in [2.05, 4.69) is 15.5 Å². The number of fused-ring (bicyclic) bond motifs is 1. The average molecular weight is 417 g/mol. The smallest absolute Gasteiger partial charge is 0.258 e. The predicted octanol–water partition coefficient (Wildman–Crippen LogP) is 4.05. The summed E-state index contributed by atoms with van der Waals surface area (Å²) in [5, 5.41) is 12.5. The summed E-state index contributed by atoms with van der Waals surface area (Å²) in [7, 11) is 0. The lowest BCUT2D eigenvalue weighted by Gasteiger charge is -2.54. The molecule has 160 valence electrons. The van der Waals surface area contributed by atoms with Crippen LogP contribution in [0.15, 0.2) is 42.5 Å². The van der Waals surface area contributed by atoms with Crippen molar-refractivity contribution in [3.05, 3.63) is 48.0 Å². The number of ether oxygens (including phenoxy) is 1. The largest absolute Gasteiger partial charge is 0.481 e. The maximum Gasteiger partial charge on any atom is 0.258 e. The van der Waals surface area contributed by atoms with Crippen LogP contribution in [0.5, 0.6) is 5.75 Å². The SMILES string of the molecule is Cc1ccc(OCC(=O)NC2C3CC4CC(C3)CC2C4)c(-n2nc3ccccc3n2)c1. The van der Waals surface area contributed by atoms with E-state index in [1.165, 1.54) is 32.1 Å². The minimum Gasteiger partial charge on any atom is -0.481 e. The molecule has 6 heteroatoms. The van der Waals surface area contributed by atoms with Gasteiger partial charge < -0.3 is 10.1 Å². The van der Waals surface area contributed by atoms with Gasteiger partial charge in [-0.05, 0) is 92.5 Å². The second kappa shape index (κ2) is 7.36. The molecule has 4 saturated carbocycles. The van der Waals surface area contributed by atoms with E-state index in [0.717, 1.165) is 34.1 Å². The van der Waals surface area contributed by atoms with Gasteiger partial charge in [-0.1, -0.05) is 18.2 Å². The van der Waals surface area contributed by atoms with Gasteiger partial charge in [-0.15, -0.1) is 15.0 Å². The molecule has 1 N–H and O–H groups in total. The van der Waals surface area contributed by atoms with Crippen molar-refractivity contribution in [3.8, 4) is 11.4 Å². The van der Waals surface area contributed by atoms with Crippen molar-refractivity contribution in [3.63, 3.8) is 0 Å². The fourth-order valence-electron chi connectivity index (χ4n) is 6.40. The van der Waals surface area contributed by atoms with Crippen LogP contribution in [0.1, 0.15) is 37.7 Å². The van der Waals surface area contributed by atoms with E-state index < -0.39 is 0 Å². The van der Waals surface area contributed by atoms with Gasteiger partial charge in [0.1, 0.15) is 22.5 Å². The first-order valence-electron chi connectivity index (χ1n) is 11.5. The van der Waals surface area contributed by atoms with Crippen molar-refractivity contribution >= 4 is 16.9 Å². The predicted molar refractivity (Wildman–Crippen MR) is 118 cm³/mol. The van der Waals surface area contributed by atoms with E-state index in [4.69, 9.17) is 4.74 Å². The summed E-state index contributed by atoms with van der Waals surface area (Å²) in [6.45, 7) is 2.04. The quantitative estimate of drug-likeness (QED) is 0.681. The van der Waals surface area contributed by atoms with Gasteiger partial charge in [0.05, 0.1) is 0 Å². The molecule has 4 aliphatic rings. The topological polar surface area (TPSA) is 69.0 Å². The normalized spacial score (nSPS) is 28.7. The van der Waals surface area contributed by atoms with Gasteiger partial charge in [-0.2, -0.15) is 0 Å². The average Bonchev–Trinajstić information content (AvgIpc) is 3.19. The van der Waals surface area contributed by atoms with Gasteiger partial charge in [0.25, 0.3) is 5.91 Å². The molecular weight excluding hydrogens is 388 g/mol. The van der Waals surface area contributed by atoms with Crippen LogP contribution in [-0.4, -0.2) is 33.5 Å². The Labute approximate surface area is 182 Å². The molecule has 6 nitrogen and oxygen atoms in total. The molecule has 4 bridgehead atoms. The molecule has 0 spiro atoms. The molecule has 1 heterocycles. The van der Waals surface area contributed by atoms with Gasteiger partial charge in [0, 0.05) is 6.04 Å². The number of nitrogens with one attached hydrogen (secondary N) is 1. The zero-order valence-electron chi connectivity index (χ0n) is 17.8. The molecule has 1 aromatic heterocycles. The Balaban J connectivity index is 1.17. The summed E-state index contributed by atoms with van der Waals surface area (Å²) in [5.41, 5.74) is 3.49. The first-order valence-corrected chi connectivity index (χ1v) is 11.5. The molecule has 0 unspecified atom stereocenters. The highest BCUT2D eigenvalue weighted by molar-refractivity contribution is 5.78. The third-order valence-corrected chi connectivity index (χ3v) is 7.53. The molecule has 31 heavy (non-hydrogen) atoms. The summed E-state index contributed by atoms with van der Waals surface area (Å²) < 4.78 is 5.99. The van der Waals surface area contributed by atoms with Crippen LogP contribution in [0.25, 0.3) is 16.7 Å². The van der Waals surface area contributed by atoms with Crippen LogP contribution in [0.2, 0.25) is 0 Å². The van der Waals surface area contributed by atoms with Crippen molar-refractivity contribution in [1.29, 1.82) is 0 Å². The number of aryl methyl sites for hydroxylation is 1. The minimum atomic E-state index is -0.0254. The Kier molecular flexibility index (Phi) is 4.47. The molecule has 2 aromatic carbocycles. The molecule has 0 aliphatic heterocycles. The van der Waals surface area contributed by atoms with E-state index in [-0.39, 0.29) is 12.5 Å². The lowest BCUT2D eigenvalue weighted by atomic mass is 9.54. The van der Waals surface area contributed by atoms with Gasteiger partial charge >= 0.3 is 0 Å². The number of aromatic nitrogens is 3. The number of carbonyl (C=O) groups is 1. The van der Waals surface area contributed by atoms with Crippen LogP contribution in [0, 0.1) is 30.6 Å². The Morgan fingerprint density at radius 1 is 1.00 bits per heavy atom. The van der Waals surface area contributed by atoms with Gasteiger partial charge in [-0.25, -0.2) is 0 Å². The van der Waals surface area contributed by atoms with Crippen molar-refractivity contribution in [2.45, 2.75) is 45.1 Å². The number of hydrogen-bond acceptors (Lipinski definition) is 4. The molecule has 0 saturated heterocycles. The lowest BCUT2D eigenvalue weighted by molar-refractivity contribution is -0.127. The Morgan fingerprint density at radius 3 is 2.29 bits per heavy atom. The fraction of sp³-hybridized carbons (Fsp3) is 0.480. The van der Waals surface area contributed by atoms with E-state index in [1.54, 1.807) is 4.80 Å². The molecule has 4 aliphatic carbocycles. The first-order chi connectivity index (χ1) is 15.1. The standard InChI is InChI=1S/C25H28N4O2/c1-15-6-7-23(22(8-15)29-27-20-4-2-3-5-21(20)28-29)31-14-24(30)26-25-18-10-16-9-17(12-18)13-19(25)11-16/h2-8,16-19,25H,9-14H2,1H3,(H,26,30). The Bertz CT molecular complexity index is 1080. The van der Waals surface area contributed by atoms with Crippen LogP contribution in [0.3, 0.4) is 0 Å². The third-order valence-electron chi connectivity index (χ3n) is 7.53. The Morgan fingerprint density at radius 2 is 1.65 bits per heavy atom. The van der Waals surface area contributed by atoms with Crippen molar-refractivity contribution in [2.75, 3.05) is 6.61 Å². The summed E-state index contributed by atoms with van der Waals surface area (Å²) in [6.07, 6.45) is 6.58. The highest BCUT2D eigenvalue weighted by Gasteiger charge is 2.48. The molecule has 0 atom stereocenters. The number of benzene rings is 2. The van der Waals surface area contributed by atoms with Crippen molar-refractivity contribution in [2.24, 2.45) is 23.7 Å². The lowest BCUT2D eigenvalue weighted by Crippen LogP contribution is -2.56. The molecule has 3 aromatic rings. The van der Waals surface area contributed by atoms with E-state index >= 15 is 0 Å². The number of hydrogen-bond donors (Lipinski definition) is 1. The molecule has 4 fully saturated rings. The Hall–Kier alpha value is -2.89. The van der Waals surface area contributed by atoms with Gasteiger partial charge in [0.2, 0.25) is 0 Å². The summed E-state index contributed by atoms with van der Waals surface area (Å²) in [4.78, 5) is 14.4. The number of carbonyl (C=O) groups excluding carboxylic acids is 1. The second-order valence-electron chi connectivity index (χ2n) is 9.76. The number of rotatable bonds is 5. The van der Waals surface area contributed by atoms with Gasteiger partial charge in [0.15, 0.2) is 6.61 Å². The molecular formula is C25H28N4O2. The van der Waals surface area contributed by atoms with E-state index in [0.29, 0.717) is 23.6 Å². The maximum atomic E-state index is 12.8. The molecule has 0 radical (unpaired) electrons. The van der Waals surface area contributed by atoms with E-state index in [1.807, 2.05) is 49.4 Å². The minimum absolute atomic E-state index is 0.0135. The zero-order chi connectivity index (χ0) is 20.9. The van der Waals surface area contributed by atoms with Crippen molar-refractivity contribution in [1.82, 2.24) is 20.3 Å². The van der Waals surface area contributed by atoms with E-state index in [9.17, 15) is 4.79 Å². The van der Waals surface area contributed by atoms with Crippen LogP contribution < -0.4 is 10.1 Å². The van der Waals surface area contributed by atoms with Crippen LogP contribution in [0.4, 0.5) is 0 Å². The molecule has 7 rings (SSSR count). The van der Waals surface area contributed by atoms with Gasteiger partial charge in [-0.3, -0.25) is 4.79 Å². The number of amides is 1.